The lowest BCUT2D eigenvalue weighted by molar-refractivity contribution is 0.217. The number of hydrazine groups is 1. The van der Waals surface area contributed by atoms with Gasteiger partial charge in [-0.05, 0) is 44.0 Å². The zero-order chi connectivity index (χ0) is 14.5. The second kappa shape index (κ2) is 7.07. The van der Waals surface area contributed by atoms with Crippen LogP contribution in [0.5, 0.6) is 5.75 Å². The number of likely N-dealkylation sites (N-methyl/N-ethyl adjacent to an activating group) is 1. The minimum atomic E-state index is 0.269. The van der Waals surface area contributed by atoms with E-state index in [0.717, 1.165) is 18.7 Å². The zero-order valence-corrected chi connectivity index (χ0v) is 12.9. The summed E-state index contributed by atoms with van der Waals surface area (Å²) in [5.41, 5.74) is 8.07. The molecule has 0 bridgehead atoms. The molecule has 20 heavy (non-hydrogen) atoms. The van der Waals surface area contributed by atoms with Crippen molar-refractivity contribution in [1.82, 2.24) is 16.2 Å². The summed E-state index contributed by atoms with van der Waals surface area (Å²) in [6.45, 7) is 7.49. The predicted molar refractivity (Wildman–Crippen MR) is 82.7 cm³/mol. The standard InChI is InChI=1S/C16H27N3O/c1-5-11(2)20-14-8-6-13(7-9-14)16-12(3)15(10-17-4)18-19-16/h6-9,11-12,15-19H,5,10H2,1-4H3. The van der Waals surface area contributed by atoms with E-state index in [9.17, 15) is 0 Å². The summed E-state index contributed by atoms with van der Waals surface area (Å²) in [4.78, 5) is 0. The molecule has 1 fully saturated rings. The lowest BCUT2D eigenvalue weighted by atomic mass is 9.91. The van der Waals surface area contributed by atoms with Crippen LogP contribution in [0.3, 0.4) is 0 Å². The summed E-state index contributed by atoms with van der Waals surface area (Å²) in [7, 11) is 1.99. The molecule has 4 unspecified atom stereocenters. The molecule has 1 saturated heterocycles. The van der Waals surface area contributed by atoms with Crippen molar-refractivity contribution in [1.29, 1.82) is 0 Å². The minimum Gasteiger partial charge on any atom is -0.491 e. The van der Waals surface area contributed by atoms with Crippen molar-refractivity contribution >= 4 is 0 Å². The van der Waals surface area contributed by atoms with Gasteiger partial charge in [-0.3, -0.25) is 5.43 Å². The Morgan fingerprint density at radius 1 is 1.25 bits per heavy atom. The summed E-state index contributed by atoms with van der Waals surface area (Å²) >= 11 is 0. The van der Waals surface area contributed by atoms with E-state index >= 15 is 0 Å². The van der Waals surface area contributed by atoms with Gasteiger partial charge >= 0.3 is 0 Å². The van der Waals surface area contributed by atoms with Crippen LogP contribution in [0.2, 0.25) is 0 Å². The number of hydrogen-bond donors (Lipinski definition) is 3. The van der Waals surface area contributed by atoms with E-state index in [-0.39, 0.29) is 6.10 Å². The van der Waals surface area contributed by atoms with E-state index in [4.69, 9.17) is 4.74 Å². The second-order valence-electron chi connectivity index (χ2n) is 5.70. The van der Waals surface area contributed by atoms with Gasteiger partial charge in [0, 0.05) is 12.6 Å². The average Bonchev–Trinajstić information content (AvgIpc) is 2.82. The highest BCUT2D eigenvalue weighted by atomic mass is 16.5. The second-order valence-corrected chi connectivity index (χ2v) is 5.70. The number of nitrogens with one attached hydrogen (secondary N) is 3. The van der Waals surface area contributed by atoms with Crippen LogP contribution in [-0.2, 0) is 0 Å². The van der Waals surface area contributed by atoms with E-state index in [0.29, 0.717) is 18.0 Å². The van der Waals surface area contributed by atoms with Crippen molar-refractivity contribution in [2.24, 2.45) is 5.92 Å². The molecule has 1 aromatic rings. The lowest BCUT2D eigenvalue weighted by Crippen LogP contribution is -2.38. The molecule has 1 aromatic carbocycles. The first-order valence-corrected chi connectivity index (χ1v) is 7.58. The quantitative estimate of drug-likeness (QED) is 0.746. The maximum Gasteiger partial charge on any atom is 0.119 e. The molecule has 1 aliphatic rings. The van der Waals surface area contributed by atoms with Gasteiger partial charge in [0.2, 0.25) is 0 Å². The van der Waals surface area contributed by atoms with Crippen LogP contribution in [-0.4, -0.2) is 25.7 Å². The molecule has 112 valence electrons. The molecule has 1 aliphatic heterocycles. The van der Waals surface area contributed by atoms with Gasteiger partial charge in [-0.2, -0.15) is 0 Å². The van der Waals surface area contributed by atoms with Crippen molar-refractivity contribution in [3.05, 3.63) is 29.8 Å². The SMILES string of the molecule is CCC(C)Oc1ccc(C2NNC(CNC)C2C)cc1. The molecule has 2 rings (SSSR count). The van der Waals surface area contributed by atoms with E-state index in [1.165, 1.54) is 5.56 Å². The Morgan fingerprint density at radius 3 is 2.55 bits per heavy atom. The monoisotopic (exact) mass is 277 g/mol. The number of ether oxygens (including phenoxy) is 1. The fraction of sp³-hybridized carbons (Fsp3) is 0.625. The van der Waals surface area contributed by atoms with Crippen molar-refractivity contribution in [3.63, 3.8) is 0 Å². The largest absolute Gasteiger partial charge is 0.491 e. The Bertz CT molecular complexity index is 407. The van der Waals surface area contributed by atoms with Crippen LogP contribution < -0.4 is 20.9 Å². The van der Waals surface area contributed by atoms with Gasteiger partial charge in [0.25, 0.3) is 0 Å². The van der Waals surface area contributed by atoms with Crippen LogP contribution in [0.25, 0.3) is 0 Å². The minimum absolute atomic E-state index is 0.269. The van der Waals surface area contributed by atoms with Crippen molar-refractivity contribution < 1.29 is 4.74 Å². The van der Waals surface area contributed by atoms with Gasteiger partial charge in [0.1, 0.15) is 5.75 Å². The van der Waals surface area contributed by atoms with Crippen LogP contribution in [0, 0.1) is 5.92 Å². The summed E-state index contributed by atoms with van der Waals surface area (Å²) in [6, 6.07) is 9.28. The maximum atomic E-state index is 5.82. The molecule has 4 heteroatoms. The Labute approximate surface area is 122 Å². The van der Waals surface area contributed by atoms with E-state index < -0.39 is 0 Å². The third-order valence-electron chi connectivity index (χ3n) is 4.16. The van der Waals surface area contributed by atoms with E-state index in [2.05, 4.69) is 61.2 Å². The van der Waals surface area contributed by atoms with Crippen LogP contribution in [0.4, 0.5) is 0 Å². The first-order chi connectivity index (χ1) is 9.65. The predicted octanol–water partition coefficient (Wildman–Crippen LogP) is 2.24. The molecular formula is C16H27N3O. The molecule has 0 aromatic heterocycles. The van der Waals surface area contributed by atoms with Gasteiger partial charge in [-0.15, -0.1) is 0 Å². The molecule has 0 aliphatic carbocycles. The van der Waals surface area contributed by atoms with Gasteiger partial charge < -0.3 is 10.1 Å². The third kappa shape index (κ3) is 3.51. The molecule has 3 N–H and O–H groups in total. The highest BCUT2D eigenvalue weighted by molar-refractivity contribution is 5.30. The topological polar surface area (TPSA) is 45.3 Å². The summed E-state index contributed by atoms with van der Waals surface area (Å²) in [6.07, 6.45) is 1.30. The average molecular weight is 277 g/mol. The van der Waals surface area contributed by atoms with Crippen LogP contribution >= 0.6 is 0 Å². The molecule has 0 radical (unpaired) electrons. The first-order valence-electron chi connectivity index (χ1n) is 7.58. The van der Waals surface area contributed by atoms with Crippen molar-refractivity contribution in [2.45, 2.75) is 45.4 Å². The fourth-order valence-corrected chi connectivity index (χ4v) is 2.61. The van der Waals surface area contributed by atoms with Crippen LogP contribution in [0.15, 0.2) is 24.3 Å². The molecule has 1 heterocycles. The normalized spacial score (nSPS) is 27.5. The number of rotatable bonds is 6. The number of hydrogen-bond acceptors (Lipinski definition) is 4. The fourth-order valence-electron chi connectivity index (χ4n) is 2.61. The Morgan fingerprint density at radius 2 is 1.95 bits per heavy atom. The molecule has 4 nitrogen and oxygen atoms in total. The Kier molecular flexibility index (Phi) is 5.40. The molecule has 4 atom stereocenters. The van der Waals surface area contributed by atoms with Gasteiger partial charge in [0.05, 0.1) is 12.1 Å². The van der Waals surface area contributed by atoms with Gasteiger partial charge in [-0.1, -0.05) is 26.0 Å². The highest BCUT2D eigenvalue weighted by Gasteiger charge is 2.32. The molecule has 0 spiro atoms. The molecule has 0 amide bonds. The first kappa shape index (κ1) is 15.3. The van der Waals surface area contributed by atoms with E-state index in [1.807, 2.05) is 7.05 Å². The van der Waals surface area contributed by atoms with Crippen molar-refractivity contribution in [2.75, 3.05) is 13.6 Å². The van der Waals surface area contributed by atoms with Crippen LogP contribution in [0.1, 0.15) is 38.8 Å². The Balaban J connectivity index is 2.00. The number of benzene rings is 1. The Hall–Kier alpha value is -1.10. The van der Waals surface area contributed by atoms with Crippen molar-refractivity contribution in [3.8, 4) is 5.75 Å². The van der Waals surface area contributed by atoms with E-state index in [1.54, 1.807) is 0 Å². The smallest absolute Gasteiger partial charge is 0.119 e. The summed E-state index contributed by atoms with van der Waals surface area (Å²) in [5, 5.41) is 3.23. The van der Waals surface area contributed by atoms with Gasteiger partial charge in [-0.25, -0.2) is 5.43 Å². The third-order valence-corrected chi connectivity index (χ3v) is 4.16. The lowest BCUT2D eigenvalue weighted by Gasteiger charge is -2.19. The zero-order valence-electron chi connectivity index (χ0n) is 12.9. The summed E-state index contributed by atoms with van der Waals surface area (Å²) in [5.74, 6) is 1.50. The molecular weight excluding hydrogens is 250 g/mol. The van der Waals surface area contributed by atoms with Gasteiger partial charge in [0.15, 0.2) is 0 Å². The highest BCUT2D eigenvalue weighted by Crippen LogP contribution is 2.29. The molecule has 0 saturated carbocycles. The summed E-state index contributed by atoms with van der Waals surface area (Å²) < 4.78 is 5.82. The maximum absolute atomic E-state index is 5.82.